The fourth-order valence-electron chi connectivity index (χ4n) is 1.70. The van der Waals surface area contributed by atoms with Gasteiger partial charge in [-0.05, 0) is 31.5 Å². The van der Waals surface area contributed by atoms with Gasteiger partial charge < -0.3 is 5.32 Å². The van der Waals surface area contributed by atoms with Gasteiger partial charge in [0.2, 0.25) is 0 Å². The highest BCUT2D eigenvalue weighted by atomic mass is 35.5. The molecule has 2 rings (SSSR count). The minimum atomic E-state index is 0.713. The first-order chi connectivity index (χ1) is 7.77. The molecular formula is C13H19ClN2. The predicted molar refractivity (Wildman–Crippen MR) is 70.8 cm³/mol. The smallest absolute Gasteiger partial charge is 0.0595 e. The standard InChI is InChI=1S/C11H13ClN2.C2H6/c1-8-11(6-10(12)7-14-8)9-2-4-13-5-3-9;1-2/h2,6-7,13H,3-5H2,1H3;1-2H3. The van der Waals surface area contributed by atoms with E-state index < -0.39 is 0 Å². The van der Waals surface area contributed by atoms with Gasteiger partial charge in [-0.15, -0.1) is 0 Å². The van der Waals surface area contributed by atoms with Crippen molar-refractivity contribution in [2.24, 2.45) is 0 Å². The summed E-state index contributed by atoms with van der Waals surface area (Å²) in [4.78, 5) is 4.26. The van der Waals surface area contributed by atoms with Crippen molar-refractivity contribution in [1.29, 1.82) is 0 Å². The van der Waals surface area contributed by atoms with E-state index in [0.29, 0.717) is 5.02 Å². The second kappa shape index (κ2) is 6.66. The zero-order valence-electron chi connectivity index (χ0n) is 10.2. The van der Waals surface area contributed by atoms with Crippen LogP contribution in [0.25, 0.3) is 5.57 Å². The first-order valence-corrected chi connectivity index (χ1v) is 6.17. The molecule has 0 saturated carbocycles. The fourth-order valence-corrected chi connectivity index (χ4v) is 1.86. The Bertz CT molecular complexity index is 372. The highest BCUT2D eigenvalue weighted by molar-refractivity contribution is 6.30. The molecule has 0 bridgehead atoms. The van der Waals surface area contributed by atoms with Crippen LogP contribution in [0.2, 0.25) is 5.02 Å². The van der Waals surface area contributed by atoms with Crippen LogP contribution in [0.3, 0.4) is 0 Å². The number of halogens is 1. The van der Waals surface area contributed by atoms with Crippen LogP contribution in [0.5, 0.6) is 0 Å². The lowest BCUT2D eigenvalue weighted by Gasteiger charge is -2.15. The van der Waals surface area contributed by atoms with Gasteiger partial charge in [0.05, 0.1) is 5.02 Å². The van der Waals surface area contributed by atoms with E-state index in [1.54, 1.807) is 6.20 Å². The lowest BCUT2D eigenvalue weighted by Crippen LogP contribution is -2.20. The molecule has 0 amide bonds. The van der Waals surface area contributed by atoms with Gasteiger partial charge in [-0.1, -0.05) is 31.5 Å². The monoisotopic (exact) mass is 238 g/mol. The van der Waals surface area contributed by atoms with Crippen molar-refractivity contribution in [3.05, 3.63) is 34.6 Å². The molecule has 1 N–H and O–H groups in total. The summed E-state index contributed by atoms with van der Waals surface area (Å²) in [5.74, 6) is 0. The highest BCUT2D eigenvalue weighted by Gasteiger charge is 2.09. The zero-order chi connectivity index (χ0) is 12.0. The van der Waals surface area contributed by atoms with E-state index in [9.17, 15) is 0 Å². The molecule has 0 atom stereocenters. The molecule has 1 aromatic heterocycles. The molecule has 3 heteroatoms. The van der Waals surface area contributed by atoms with Gasteiger partial charge in [0.25, 0.3) is 0 Å². The third-order valence-electron chi connectivity index (χ3n) is 2.46. The van der Waals surface area contributed by atoms with Gasteiger partial charge in [0.1, 0.15) is 0 Å². The minimum absolute atomic E-state index is 0.713. The lowest BCUT2D eigenvalue weighted by atomic mass is 9.99. The second-order valence-corrected chi connectivity index (χ2v) is 3.91. The maximum Gasteiger partial charge on any atom is 0.0595 e. The number of aromatic nitrogens is 1. The molecule has 2 heterocycles. The average Bonchev–Trinajstić information content (AvgIpc) is 2.36. The van der Waals surface area contributed by atoms with Crippen molar-refractivity contribution in [3.8, 4) is 0 Å². The van der Waals surface area contributed by atoms with Gasteiger partial charge in [0.15, 0.2) is 0 Å². The number of rotatable bonds is 1. The van der Waals surface area contributed by atoms with E-state index in [0.717, 1.165) is 25.2 Å². The maximum atomic E-state index is 5.93. The topological polar surface area (TPSA) is 24.9 Å². The highest BCUT2D eigenvalue weighted by Crippen LogP contribution is 2.24. The molecule has 88 valence electrons. The van der Waals surface area contributed by atoms with Crippen LogP contribution < -0.4 is 5.32 Å². The quantitative estimate of drug-likeness (QED) is 0.811. The summed E-state index contributed by atoms with van der Waals surface area (Å²) in [6, 6.07) is 2.00. The number of aryl methyl sites for hydroxylation is 1. The molecular weight excluding hydrogens is 220 g/mol. The molecule has 0 spiro atoms. The number of nitrogens with zero attached hydrogens (tertiary/aromatic N) is 1. The van der Waals surface area contributed by atoms with Gasteiger partial charge in [-0.3, -0.25) is 4.98 Å². The van der Waals surface area contributed by atoms with Crippen molar-refractivity contribution in [2.75, 3.05) is 13.1 Å². The Kier molecular flexibility index (Phi) is 5.50. The molecule has 1 aromatic rings. The van der Waals surface area contributed by atoms with Crippen LogP contribution >= 0.6 is 11.6 Å². The van der Waals surface area contributed by atoms with Crippen molar-refractivity contribution >= 4 is 17.2 Å². The Labute approximate surface area is 103 Å². The van der Waals surface area contributed by atoms with E-state index in [1.807, 2.05) is 26.8 Å². The molecule has 0 saturated heterocycles. The normalized spacial score (nSPS) is 14.9. The van der Waals surface area contributed by atoms with E-state index in [4.69, 9.17) is 11.6 Å². The number of hydrogen-bond donors (Lipinski definition) is 1. The molecule has 0 unspecified atom stereocenters. The molecule has 1 aliphatic heterocycles. The van der Waals surface area contributed by atoms with Crippen molar-refractivity contribution in [2.45, 2.75) is 27.2 Å². The van der Waals surface area contributed by atoms with Crippen LogP contribution in [0.1, 0.15) is 31.5 Å². The number of pyridine rings is 1. The van der Waals surface area contributed by atoms with Gasteiger partial charge in [0, 0.05) is 24.0 Å². The molecule has 1 aliphatic rings. The summed E-state index contributed by atoms with van der Waals surface area (Å²) in [5.41, 5.74) is 3.61. The molecule has 2 nitrogen and oxygen atoms in total. The Morgan fingerprint density at radius 3 is 2.75 bits per heavy atom. The average molecular weight is 239 g/mol. The SMILES string of the molecule is CC.Cc1ncc(Cl)cc1C1=CCNCC1. The maximum absolute atomic E-state index is 5.93. The Morgan fingerprint density at radius 1 is 1.38 bits per heavy atom. The van der Waals surface area contributed by atoms with Crippen LogP contribution in [-0.2, 0) is 0 Å². The summed E-state index contributed by atoms with van der Waals surface area (Å²) in [5, 5.41) is 4.00. The van der Waals surface area contributed by atoms with Gasteiger partial charge >= 0.3 is 0 Å². The van der Waals surface area contributed by atoms with Crippen LogP contribution in [-0.4, -0.2) is 18.1 Å². The van der Waals surface area contributed by atoms with Crippen molar-refractivity contribution < 1.29 is 0 Å². The van der Waals surface area contributed by atoms with E-state index in [2.05, 4.69) is 16.4 Å². The molecule has 16 heavy (non-hydrogen) atoms. The van der Waals surface area contributed by atoms with E-state index >= 15 is 0 Å². The third kappa shape index (κ3) is 3.32. The summed E-state index contributed by atoms with van der Waals surface area (Å²) in [6.07, 6.45) is 4.97. The van der Waals surface area contributed by atoms with E-state index in [-0.39, 0.29) is 0 Å². The summed E-state index contributed by atoms with van der Waals surface area (Å²) in [6.45, 7) is 8.01. The van der Waals surface area contributed by atoms with Crippen LogP contribution in [0, 0.1) is 6.92 Å². The van der Waals surface area contributed by atoms with Gasteiger partial charge in [-0.2, -0.15) is 0 Å². The van der Waals surface area contributed by atoms with Gasteiger partial charge in [-0.25, -0.2) is 0 Å². The summed E-state index contributed by atoms with van der Waals surface area (Å²) >= 11 is 5.93. The fraction of sp³-hybridized carbons (Fsp3) is 0.462. The first kappa shape index (κ1) is 13.2. The third-order valence-corrected chi connectivity index (χ3v) is 2.67. The number of hydrogen-bond acceptors (Lipinski definition) is 2. The molecule has 0 aromatic carbocycles. The zero-order valence-corrected chi connectivity index (χ0v) is 10.9. The molecule has 0 fully saturated rings. The molecule has 0 radical (unpaired) electrons. The van der Waals surface area contributed by atoms with E-state index in [1.165, 1.54) is 11.1 Å². The largest absolute Gasteiger partial charge is 0.313 e. The number of nitrogens with one attached hydrogen (secondary N) is 1. The minimum Gasteiger partial charge on any atom is -0.313 e. The summed E-state index contributed by atoms with van der Waals surface area (Å²) in [7, 11) is 0. The Morgan fingerprint density at radius 2 is 2.12 bits per heavy atom. The van der Waals surface area contributed by atoms with Crippen LogP contribution in [0.4, 0.5) is 0 Å². The molecule has 0 aliphatic carbocycles. The first-order valence-electron chi connectivity index (χ1n) is 5.79. The Hall–Kier alpha value is -0.860. The summed E-state index contributed by atoms with van der Waals surface area (Å²) < 4.78 is 0. The van der Waals surface area contributed by atoms with Crippen molar-refractivity contribution in [1.82, 2.24) is 10.3 Å². The lowest BCUT2D eigenvalue weighted by molar-refractivity contribution is 0.738. The Balaban J connectivity index is 0.000000606. The second-order valence-electron chi connectivity index (χ2n) is 3.47. The van der Waals surface area contributed by atoms with Crippen molar-refractivity contribution in [3.63, 3.8) is 0 Å². The van der Waals surface area contributed by atoms with Crippen LogP contribution in [0.15, 0.2) is 18.3 Å². The predicted octanol–water partition coefficient (Wildman–Crippen LogP) is 3.45.